The molecule has 2 N–H and O–H groups in total. The first-order valence-corrected chi connectivity index (χ1v) is 11.3. The fraction of sp³-hybridized carbons (Fsp3) is 0.435. The SMILES string of the molecule is Cc1cccc(C(C)(C)C)c1OCCOc1ccc(Cl)cc1C1NC(C(=O)O)CS1. The molecule has 0 bridgehead atoms. The van der Waals surface area contributed by atoms with Gasteiger partial charge in [-0.15, -0.1) is 11.8 Å². The lowest BCUT2D eigenvalue weighted by Crippen LogP contribution is -2.33. The van der Waals surface area contributed by atoms with Crippen molar-refractivity contribution in [2.45, 2.75) is 44.5 Å². The summed E-state index contributed by atoms with van der Waals surface area (Å²) in [6.45, 7) is 9.32. The number of carboxylic acid groups (broad SMARTS) is 1. The Kier molecular flexibility index (Phi) is 7.22. The van der Waals surface area contributed by atoms with Crippen LogP contribution in [0.4, 0.5) is 0 Å². The summed E-state index contributed by atoms with van der Waals surface area (Å²) in [6, 6.07) is 11.0. The van der Waals surface area contributed by atoms with Gasteiger partial charge in [0.2, 0.25) is 0 Å². The zero-order chi connectivity index (χ0) is 21.9. The van der Waals surface area contributed by atoms with Crippen molar-refractivity contribution in [3.05, 3.63) is 58.1 Å². The van der Waals surface area contributed by atoms with E-state index in [4.69, 9.17) is 21.1 Å². The van der Waals surface area contributed by atoms with Gasteiger partial charge in [-0.05, 0) is 41.7 Å². The molecule has 2 aromatic carbocycles. The van der Waals surface area contributed by atoms with Gasteiger partial charge in [0.1, 0.15) is 30.8 Å². The molecule has 1 fully saturated rings. The molecule has 1 saturated heterocycles. The molecule has 7 heteroatoms. The summed E-state index contributed by atoms with van der Waals surface area (Å²) in [6.07, 6.45) is 0. The zero-order valence-corrected chi connectivity index (χ0v) is 19.3. The molecule has 0 saturated carbocycles. The quantitative estimate of drug-likeness (QED) is 0.567. The van der Waals surface area contributed by atoms with Gasteiger partial charge < -0.3 is 14.6 Å². The van der Waals surface area contributed by atoms with Crippen LogP contribution in [0.5, 0.6) is 11.5 Å². The van der Waals surface area contributed by atoms with E-state index in [2.05, 4.69) is 38.2 Å². The fourth-order valence-electron chi connectivity index (χ4n) is 3.38. The van der Waals surface area contributed by atoms with Gasteiger partial charge in [0.15, 0.2) is 0 Å². The molecule has 2 aromatic rings. The number of halogens is 1. The molecular weight excluding hydrogens is 422 g/mol. The van der Waals surface area contributed by atoms with Gasteiger partial charge >= 0.3 is 5.97 Å². The molecule has 3 rings (SSSR count). The smallest absolute Gasteiger partial charge is 0.321 e. The van der Waals surface area contributed by atoms with Crippen LogP contribution < -0.4 is 14.8 Å². The van der Waals surface area contributed by atoms with E-state index in [1.165, 1.54) is 17.3 Å². The Labute approximate surface area is 187 Å². The van der Waals surface area contributed by atoms with Crippen LogP contribution in [-0.4, -0.2) is 36.1 Å². The van der Waals surface area contributed by atoms with E-state index in [1.54, 1.807) is 6.07 Å². The van der Waals surface area contributed by atoms with Gasteiger partial charge in [0, 0.05) is 16.3 Å². The highest BCUT2D eigenvalue weighted by Gasteiger charge is 2.32. The maximum Gasteiger partial charge on any atom is 0.321 e. The molecule has 1 aliphatic heterocycles. The lowest BCUT2D eigenvalue weighted by Gasteiger charge is -2.24. The van der Waals surface area contributed by atoms with E-state index in [-0.39, 0.29) is 10.8 Å². The van der Waals surface area contributed by atoms with Crippen LogP contribution in [0.1, 0.15) is 42.8 Å². The van der Waals surface area contributed by atoms with Gasteiger partial charge in [-0.1, -0.05) is 50.6 Å². The van der Waals surface area contributed by atoms with Crippen molar-refractivity contribution in [1.29, 1.82) is 0 Å². The monoisotopic (exact) mass is 449 g/mol. The number of hydrogen-bond donors (Lipinski definition) is 2. The Morgan fingerprint density at radius 3 is 2.63 bits per heavy atom. The Balaban J connectivity index is 1.66. The minimum Gasteiger partial charge on any atom is -0.490 e. The predicted molar refractivity (Wildman–Crippen MR) is 122 cm³/mol. The van der Waals surface area contributed by atoms with Gasteiger partial charge in [0.05, 0.1) is 5.37 Å². The summed E-state index contributed by atoms with van der Waals surface area (Å²) in [7, 11) is 0. The zero-order valence-electron chi connectivity index (χ0n) is 17.7. The van der Waals surface area contributed by atoms with Gasteiger partial charge in [-0.2, -0.15) is 0 Å². The number of rotatable bonds is 7. The summed E-state index contributed by atoms with van der Waals surface area (Å²) in [4.78, 5) is 11.3. The third-order valence-corrected chi connectivity index (χ3v) is 6.43. The third-order valence-electron chi connectivity index (χ3n) is 4.94. The van der Waals surface area contributed by atoms with Crippen molar-refractivity contribution in [1.82, 2.24) is 5.32 Å². The number of aryl methyl sites for hydroxylation is 1. The number of ether oxygens (including phenoxy) is 2. The number of aliphatic carboxylic acids is 1. The third kappa shape index (κ3) is 5.42. The number of benzene rings is 2. The number of hydrogen-bond acceptors (Lipinski definition) is 5. The summed E-state index contributed by atoms with van der Waals surface area (Å²) in [5.74, 6) is 1.23. The second-order valence-electron chi connectivity index (χ2n) is 8.35. The lowest BCUT2D eigenvalue weighted by atomic mass is 9.85. The molecule has 0 amide bonds. The molecule has 2 atom stereocenters. The van der Waals surface area contributed by atoms with Crippen molar-refractivity contribution < 1.29 is 19.4 Å². The predicted octanol–water partition coefficient (Wildman–Crippen LogP) is 5.19. The normalized spacial score (nSPS) is 19.0. The molecule has 2 unspecified atom stereocenters. The van der Waals surface area contributed by atoms with E-state index < -0.39 is 12.0 Å². The van der Waals surface area contributed by atoms with Gasteiger partial charge in [-0.3, -0.25) is 10.1 Å². The highest BCUT2D eigenvalue weighted by atomic mass is 35.5. The first-order valence-electron chi connectivity index (χ1n) is 9.92. The second-order valence-corrected chi connectivity index (χ2v) is 9.93. The Bertz CT molecular complexity index is 913. The Morgan fingerprint density at radius 1 is 1.23 bits per heavy atom. The highest BCUT2D eigenvalue weighted by Crippen LogP contribution is 2.39. The summed E-state index contributed by atoms with van der Waals surface area (Å²) in [5.41, 5.74) is 3.10. The van der Waals surface area contributed by atoms with Crippen LogP contribution in [-0.2, 0) is 10.2 Å². The minimum atomic E-state index is -0.851. The van der Waals surface area contributed by atoms with Crippen LogP contribution in [0.2, 0.25) is 5.02 Å². The molecule has 1 aliphatic rings. The van der Waals surface area contributed by atoms with E-state index in [9.17, 15) is 9.90 Å². The number of carboxylic acids is 1. The van der Waals surface area contributed by atoms with Crippen molar-refractivity contribution in [2.75, 3.05) is 19.0 Å². The van der Waals surface area contributed by atoms with Crippen molar-refractivity contribution in [3.8, 4) is 11.5 Å². The van der Waals surface area contributed by atoms with Crippen LogP contribution in [0, 0.1) is 6.92 Å². The minimum absolute atomic E-state index is 0.0163. The number of carbonyl (C=O) groups is 1. The molecule has 1 heterocycles. The fourth-order valence-corrected chi connectivity index (χ4v) is 4.81. The molecule has 0 spiro atoms. The van der Waals surface area contributed by atoms with Gasteiger partial charge in [-0.25, -0.2) is 0 Å². The summed E-state index contributed by atoms with van der Waals surface area (Å²) >= 11 is 7.72. The van der Waals surface area contributed by atoms with Crippen LogP contribution >= 0.6 is 23.4 Å². The molecular formula is C23H28ClNO4S. The molecule has 162 valence electrons. The van der Waals surface area contributed by atoms with Crippen LogP contribution in [0.15, 0.2) is 36.4 Å². The molecule has 0 aliphatic carbocycles. The lowest BCUT2D eigenvalue weighted by molar-refractivity contribution is -0.138. The van der Waals surface area contributed by atoms with Crippen LogP contribution in [0.3, 0.4) is 0 Å². The standard InChI is InChI=1S/C23H28ClNO4S/c1-14-6-5-7-17(23(2,3)4)20(14)29-11-10-28-19-9-8-15(24)12-16(19)21-25-18(13-30-21)22(26)27/h5-9,12,18,21,25H,10-11,13H2,1-4H3,(H,26,27). The molecule has 0 aromatic heterocycles. The largest absolute Gasteiger partial charge is 0.490 e. The Hall–Kier alpha value is -1.89. The number of para-hydroxylation sites is 1. The first-order chi connectivity index (χ1) is 14.2. The van der Waals surface area contributed by atoms with Crippen LogP contribution in [0.25, 0.3) is 0 Å². The topological polar surface area (TPSA) is 67.8 Å². The first kappa shape index (κ1) is 22.8. The maximum atomic E-state index is 11.3. The second kappa shape index (κ2) is 9.50. The van der Waals surface area contributed by atoms with E-state index in [1.807, 2.05) is 25.1 Å². The highest BCUT2D eigenvalue weighted by molar-refractivity contribution is 7.99. The van der Waals surface area contributed by atoms with E-state index >= 15 is 0 Å². The van der Waals surface area contributed by atoms with Crippen molar-refractivity contribution in [2.24, 2.45) is 0 Å². The molecule has 0 radical (unpaired) electrons. The van der Waals surface area contributed by atoms with Crippen molar-refractivity contribution >= 4 is 29.3 Å². The molecule has 5 nitrogen and oxygen atoms in total. The number of thioether (sulfide) groups is 1. The van der Waals surface area contributed by atoms with Crippen molar-refractivity contribution in [3.63, 3.8) is 0 Å². The van der Waals surface area contributed by atoms with E-state index in [0.29, 0.717) is 29.7 Å². The molecule has 30 heavy (non-hydrogen) atoms. The maximum absolute atomic E-state index is 11.3. The summed E-state index contributed by atoms with van der Waals surface area (Å²) < 4.78 is 12.1. The average molecular weight is 450 g/mol. The number of nitrogens with one attached hydrogen (secondary N) is 1. The van der Waals surface area contributed by atoms with Gasteiger partial charge in [0.25, 0.3) is 0 Å². The average Bonchev–Trinajstić information content (AvgIpc) is 3.16. The summed E-state index contributed by atoms with van der Waals surface area (Å²) in [5, 5.41) is 12.8. The van der Waals surface area contributed by atoms with E-state index in [0.717, 1.165) is 16.9 Å². The Morgan fingerprint density at radius 2 is 1.97 bits per heavy atom.